The van der Waals surface area contributed by atoms with Crippen LogP contribution in [0.15, 0.2) is 0 Å². The highest BCUT2D eigenvalue weighted by molar-refractivity contribution is 5.71. The maximum absolute atomic E-state index is 11.0. The van der Waals surface area contributed by atoms with Crippen molar-refractivity contribution in [1.82, 2.24) is 5.06 Å². The van der Waals surface area contributed by atoms with Gasteiger partial charge < -0.3 is 4.84 Å². The van der Waals surface area contributed by atoms with Crippen molar-refractivity contribution in [2.75, 3.05) is 13.1 Å². The average molecular weight is 157 g/mol. The third-order valence-corrected chi connectivity index (χ3v) is 1.76. The van der Waals surface area contributed by atoms with Gasteiger partial charge in [0.2, 0.25) is 0 Å². The lowest BCUT2D eigenvalue weighted by molar-refractivity contribution is -0.189. The van der Waals surface area contributed by atoms with Crippen LogP contribution in [0, 0.1) is 5.92 Å². The molecule has 1 aliphatic heterocycles. The Morgan fingerprint density at radius 3 is 2.36 bits per heavy atom. The van der Waals surface area contributed by atoms with Crippen molar-refractivity contribution in [2.45, 2.75) is 26.7 Å². The normalized spacial score (nSPS) is 19.2. The van der Waals surface area contributed by atoms with E-state index >= 15 is 0 Å². The van der Waals surface area contributed by atoms with Crippen LogP contribution in [0.25, 0.3) is 0 Å². The molecule has 0 unspecified atom stereocenters. The standard InChI is InChI=1S/C8H15NO2/c1-7(2)8(10)11-9-5-3-4-6-9/h7H,3-6H2,1-2H3. The molecule has 0 saturated carbocycles. The lowest BCUT2D eigenvalue weighted by Gasteiger charge is -2.15. The molecule has 3 nitrogen and oxygen atoms in total. The van der Waals surface area contributed by atoms with Gasteiger partial charge in [-0.25, -0.2) is 0 Å². The molecule has 0 bridgehead atoms. The van der Waals surface area contributed by atoms with Gasteiger partial charge >= 0.3 is 5.97 Å². The molecule has 1 saturated heterocycles. The topological polar surface area (TPSA) is 29.5 Å². The fourth-order valence-electron chi connectivity index (χ4n) is 1.01. The molecule has 0 aromatic carbocycles. The maximum Gasteiger partial charge on any atom is 0.327 e. The first kappa shape index (κ1) is 8.53. The second kappa shape index (κ2) is 3.72. The van der Waals surface area contributed by atoms with E-state index in [4.69, 9.17) is 4.84 Å². The Balaban J connectivity index is 2.24. The molecule has 0 N–H and O–H groups in total. The highest BCUT2D eigenvalue weighted by atomic mass is 16.7. The van der Waals surface area contributed by atoms with Gasteiger partial charge in [-0.3, -0.25) is 4.79 Å². The van der Waals surface area contributed by atoms with Gasteiger partial charge in [0.25, 0.3) is 0 Å². The molecule has 0 aromatic rings. The van der Waals surface area contributed by atoms with Gasteiger partial charge in [-0.2, -0.15) is 0 Å². The molecule has 1 heterocycles. The van der Waals surface area contributed by atoms with Crippen LogP contribution in [0.2, 0.25) is 0 Å². The van der Waals surface area contributed by atoms with Crippen molar-refractivity contribution in [3.8, 4) is 0 Å². The number of carbonyl (C=O) groups is 1. The van der Waals surface area contributed by atoms with Crippen LogP contribution in [0.4, 0.5) is 0 Å². The van der Waals surface area contributed by atoms with E-state index < -0.39 is 0 Å². The Morgan fingerprint density at radius 2 is 1.91 bits per heavy atom. The fourth-order valence-corrected chi connectivity index (χ4v) is 1.01. The van der Waals surface area contributed by atoms with E-state index in [2.05, 4.69) is 0 Å². The fraction of sp³-hybridized carbons (Fsp3) is 0.875. The van der Waals surface area contributed by atoms with E-state index in [-0.39, 0.29) is 11.9 Å². The zero-order valence-electron chi connectivity index (χ0n) is 7.17. The first-order chi connectivity index (χ1) is 5.20. The summed E-state index contributed by atoms with van der Waals surface area (Å²) < 4.78 is 0. The lowest BCUT2D eigenvalue weighted by Crippen LogP contribution is -2.26. The molecule has 1 fully saturated rings. The molecular weight excluding hydrogens is 142 g/mol. The van der Waals surface area contributed by atoms with Gasteiger partial charge in [-0.1, -0.05) is 13.8 Å². The second-order valence-corrected chi connectivity index (χ2v) is 3.20. The summed E-state index contributed by atoms with van der Waals surface area (Å²) in [5.74, 6) is -0.137. The van der Waals surface area contributed by atoms with Crippen molar-refractivity contribution in [3.05, 3.63) is 0 Å². The van der Waals surface area contributed by atoms with Crippen molar-refractivity contribution >= 4 is 5.97 Å². The van der Waals surface area contributed by atoms with Crippen molar-refractivity contribution in [2.24, 2.45) is 5.92 Å². The summed E-state index contributed by atoms with van der Waals surface area (Å²) in [7, 11) is 0. The predicted molar refractivity (Wildman–Crippen MR) is 41.7 cm³/mol. The maximum atomic E-state index is 11.0. The van der Waals surface area contributed by atoms with E-state index in [1.807, 2.05) is 13.8 Å². The van der Waals surface area contributed by atoms with E-state index in [0.29, 0.717) is 0 Å². The molecule has 0 aliphatic carbocycles. The highest BCUT2D eigenvalue weighted by Gasteiger charge is 2.17. The third-order valence-electron chi connectivity index (χ3n) is 1.76. The zero-order chi connectivity index (χ0) is 8.27. The number of rotatable bonds is 2. The van der Waals surface area contributed by atoms with Crippen LogP contribution in [-0.2, 0) is 9.63 Å². The Kier molecular flexibility index (Phi) is 2.88. The van der Waals surface area contributed by atoms with Crippen LogP contribution >= 0.6 is 0 Å². The summed E-state index contributed by atoms with van der Waals surface area (Å²) in [4.78, 5) is 16.1. The summed E-state index contributed by atoms with van der Waals surface area (Å²) in [5.41, 5.74) is 0. The highest BCUT2D eigenvalue weighted by Crippen LogP contribution is 2.09. The predicted octanol–water partition coefficient (Wildman–Crippen LogP) is 1.20. The Labute approximate surface area is 67.3 Å². The Morgan fingerprint density at radius 1 is 1.36 bits per heavy atom. The number of carbonyl (C=O) groups excluding carboxylic acids is 1. The van der Waals surface area contributed by atoms with Gasteiger partial charge in [0.1, 0.15) is 0 Å². The van der Waals surface area contributed by atoms with E-state index in [1.54, 1.807) is 5.06 Å². The van der Waals surface area contributed by atoms with E-state index in [0.717, 1.165) is 25.9 Å². The lowest BCUT2D eigenvalue weighted by atomic mass is 10.2. The molecule has 3 heteroatoms. The molecule has 64 valence electrons. The molecule has 1 aliphatic rings. The Hall–Kier alpha value is -0.570. The number of hydrogen-bond acceptors (Lipinski definition) is 3. The minimum absolute atomic E-state index is 0.0180. The minimum atomic E-state index is -0.119. The second-order valence-electron chi connectivity index (χ2n) is 3.20. The SMILES string of the molecule is CC(C)C(=O)ON1CCCC1. The summed E-state index contributed by atoms with van der Waals surface area (Å²) in [6, 6.07) is 0. The molecule has 0 atom stereocenters. The van der Waals surface area contributed by atoms with Crippen molar-refractivity contribution in [3.63, 3.8) is 0 Å². The van der Waals surface area contributed by atoms with Gasteiger partial charge in [0, 0.05) is 13.1 Å². The van der Waals surface area contributed by atoms with E-state index in [9.17, 15) is 4.79 Å². The van der Waals surface area contributed by atoms with Crippen molar-refractivity contribution in [1.29, 1.82) is 0 Å². The summed E-state index contributed by atoms with van der Waals surface area (Å²) in [5, 5.41) is 1.75. The molecule has 0 amide bonds. The Bertz CT molecular complexity index is 139. The monoisotopic (exact) mass is 157 g/mol. The molecule has 0 spiro atoms. The molecule has 0 aromatic heterocycles. The number of nitrogens with zero attached hydrogens (tertiary/aromatic N) is 1. The first-order valence-electron chi connectivity index (χ1n) is 4.17. The van der Waals surface area contributed by atoms with Gasteiger partial charge in [-0.05, 0) is 12.8 Å². The van der Waals surface area contributed by atoms with Crippen LogP contribution in [0.1, 0.15) is 26.7 Å². The largest absolute Gasteiger partial charge is 0.368 e. The summed E-state index contributed by atoms with van der Waals surface area (Å²) in [6.45, 7) is 5.49. The quantitative estimate of drug-likeness (QED) is 0.603. The number of hydrogen-bond donors (Lipinski definition) is 0. The summed E-state index contributed by atoms with van der Waals surface area (Å²) >= 11 is 0. The first-order valence-corrected chi connectivity index (χ1v) is 4.17. The van der Waals surface area contributed by atoms with Gasteiger partial charge in [-0.15, -0.1) is 5.06 Å². The van der Waals surface area contributed by atoms with Crippen LogP contribution in [0.5, 0.6) is 0 Å². The van der Waals surface area contributed by atoms with Crippen LogP contribution in [-0.4, -0.2) is 24.1 Å². The zero-order valence-corrected chi connectivity index (χ0v) is 7.17. The average Bonchev–Trinajstić information content (AvgIpc) is 2.39. The summed E-state index contributed by atoms with van der Waals surface area (Å²) in [6.07, 6.45) is 2.29. The van der Waals surface area contributed by atoms with Crippen LogP contribution < -0.4 is 0 Å². The molecular formula is C8H15NO2. The van der Waals surface area contributed by atoms with Gasteiger partial charge in [0.05, 0.1) is 5.92 Å². The molecule has 1 rings (SSSR count). The molecule has 11 heavy (non-hydrogen) atoms. The molecule has 0 radical (unpaired) electrons. The third kappa shape index (κ3) is 2.50. The smallest absolute Gasteiger partial charge is 0.327 e. The van der Waals surface area contributed by atoms with Gasteiger partial charge in [0.15, 0.2) is 0 Å². The van der Waals surface area contributed by atoms with Crippen LogP contribution in [0.3, 0.4) is 0 Å². The number of hydroxylamine groups is 2. The van der Waals surface area contributed by atoms with Crippen molar-refractivity contribution < 1.29 is 9.63 Å². The van der Waals surface area contributed by atoms with E-state index in [1.165, 1.54) is 0 Å². The minimum Gasteiger partial charge on any atom is -0.368 e.